The predicted octanol–water partition coefficient (Wildman–Crippen LogP) is 3.70. The second-order valence-corrected chi connectivity index (χ2v) is 8.29. The molecular formula is C22H25BrN2O2. The molecule has 1 aliphatic heterocycles. The Labute approximate surface area is 169 Å². The Morgan fingerprint density at radius 1 is 1.07 bits per heavy atom. The fourth-order valence-electron chi connectivity index (χ4n) is 3.76. The van der Waals surface area contributed by atoms with Crippen LogP contribution in [0.5, 0.6) is 0 Å². The second-order valence-electron chi connectivity index (χ2n) is 7.38. The Morgan fingerprint density at radius 3 is 2.52 bits per heavy atom. The number of amides is 1. The Bertz CT molecular complexity index is 787. The molecule has 4 rings (SSSR count). The summed E-state index contributed by atoms with van der Waals surface area (Å²) in [6.45, 7) is 5.06. The first-order valence-corrected chi connectivity index (χ1v) is 10.4. The molecule has 0 bridgehead atoms. The van der Waals surface area contributed by atoms with E-state index in [1.165, 1.54) is 16.7 Å². The minimum absolute atomic E-state index is 0.109. The van der Waals surface area contributed by atoms with E-state index >= 15 is 0 Å². The normalized spacial score (nSPS) is 22.4. The third-order valence-corrected chi connectivity index (χ3v) is 6.02. The van der Waals surface area contributed by atoms with Crippen molar-refractivity contribution in [2.24, 2.45) is 5.92 Å². The molecule has 1 N–H and O–H groups in total. The van der Waals surface area contributed by atoms with E-state index in [1.54, 1.807) is 0 Å². The smallest absolute Gasteiger partial charge is 0.224 e. The van der Waals surface area contributed by atoms with Crippen LogP contribution >= 0.6 is 15.9 Å². The van der Waals surface area contributed by atoms with Crippen molar-refractivity contribution in [3.05, 3.63) is 69.7 Å². The van der Waals surface area contributed by atoms with Gasteiger partial charge >= 0.3 is 0 Å². The van der Waals surface area contributed by atoms with Crippen molar-refractivity contribution in [1.29, 1.82) is 0 Å². The SMILES string of the molecule is O=C(NCc1ccccc1CN1CCOCC1)C1CC1c1ccc(Br)cc1. The third-order valence-electron chi connectivity index (χ3n) is 5.49. The highest BCUT2D eigenvalue weighted by molar-refractivity contribution is 9.10. The van der Waals surface area contributed by atoms with Crippen molar-refractivity contribution >= 4 is 21.8 Å². The molecule has 1 saturated heterocycles. The van der Waals surface area contributed by atoms with Crippen molar-refractivity contribution in [3.63, 3.8) is 0 Å². The summed E-state index contributed by atoms with van der Waals surface area (Å²) >= 11 is 3.46. The number of halogens is 1. The first-order valence-electron chi connectivity index (χ1n) is 9.61. The van der Waals surface area contributed by atoms with Crippen molar-refractivity contribution in [2.75, 3.05) is 26.3 Å². The van der Waals surface area contributed by atoms with Gasteiger partial charge in [0.25, 0.3) is 0 Å². The fraction of sp³-hybridized carbons (Fsp3) is 0.409. The van der Waals surface area contributed by atoms with Gasteiger partial charge in [-0.05, 0) is 41.2 Å². The van der Waals surface area contributed by atoms with Crippen LogP contribution in [0.2, 0.25) is 0 Å². The topological polar surface area (TPSA) is 41.6 Å². The first kappa shape index (κ1) is 18.7. The molecule has 4 nitrogen and oxygen atoms in total. The standard InChI is InChI=1S/C22H25BrN2O2/c23-19-7-5-16(6-8-19)20-13-21(20)22(26)24-14-17-3-1-2-4-18(17)15-25-9-11-27-12-10-25/h1-8,20-21H,9-15H2,(H,24,26). The van der Waals surface area contributed by atoms with Gasteiger partial charge < -0.3 is 10.1 Å². The maximum absolute atomic E-state index is 12.6. The number of hydrogen-bond acceptors (Lipinski definition) is 3. The van der Waals surface area contributed by atoms with Gasteiger partial charge in [-0.15, -0.1) is 0 Å². The zero-order valence-electron chi connectivity index (χ0n) is 15.4. The largest absolute Gasteiger partial charge is 0.379 e. The highest BCUT2D eigenvalue weighted by atomic mass is 79.9. The number of carbonyl (C=O) groups is 1. The quantitative estimate of drug-likeness (QED) is 0.762. The van der Waals surface area contributed by atoms with Crippen molar-refractivity contribution < 1.29 is 9.53 Å². The Kier molecular flexibility index (Phi) is 5.91. The predicted molar refractivity (Wildman–Crippen MR) is 109 cm³/mol. The van der Waals surface area contributed by atoms with Gasteiger partial charge in [-0.3, -0.25) is 9.69 Å². The van der Waals surface area contributed by atoms with Crippen LogP contribution in [0.15, 0.2) is 53.0 Å². The molecule has 0 aromatic heterocycles. The molecular weight excluding hydrogens is 404 g/mol. The molecule has 2 atom stereocenters. The van der Waals surface area contributed by atoms with Crippen molar-refractivity contribution in [1.82, 2.24) is 10.2 Å². The number of benzene rings is 2. The van der Waals surface area contributed by atoms with Crippen LogP contribution in [0.1, 0.15) is 29.0 Å². The number of hydrogen-bond donors (Lipinski definition) is 1. The molecule has 2 aliphatic rings. The molecule has 1 saturated carbocycles. The summed E-state index contributed by atoms with van der Waals surface area (Å²) in [6.07, 6.45) is 0.947. The molecule has 1 heterocycles. The van der Waals surface area contributed by atoms with E-state index in [0.29, 0.717) is 12.5 Å². The Morgan fingerprint density at radius 2 is 1.78 bits per heavy atom. The van der Waals surface area contributed by atoms with E-state index in [-0.39, 0.29) is 11.8 Å². The van der Waals surface area contributed by atoms with Crippen LogP contribution < -0.4 is 5.32 Å². The summed E-state index contributed by atoms with van der Waals surface area (Å²) in [7, 11) is 0. The lowest BCUT2D eigenvalue weighted by Gasteiger charge is -2.27. The van der Waals surface area contributed by atoms with E-state index in [2.05, 4.69) is 56.5 Å². The average Bonchev–Trinajstić information content (AvgIpc) is 3.49. The van der Waals surface area contributed by atoms with Crippen molar-refractivity contribution in [2.45, 2.75) is 25.4 Å². The number of ether oxygens (including phenoxy) is 1. The lowest BCUT2D eigenvalue weighted by atomic mass is 10.1. The third kappa shape index (κ3) is 4.78. The van der Waals surface area contributed by atoms with Crippen LogP contribution in [-0.2, 0) is 22.6 Å². The zero-order chi connectivity index (χ0) is 18.6. The molecule has 1 aliphatic carbocycles. The van der Waals surface area contributed by atoms with Gasteiger partial charge in [0.05, 0.1) is 13.2 Å². The summed E-state index contributed by atoms with van der Waals surface area (Å²) in [5.41, 5.74) is 3.75. The van der Waals surface area contributed by atoms with E-state index < -0.39 is 0 Å². The summed E-state index contributed by atoms with van der Waals surface area (Å²) < 4.78 is 6.51. The summed E-state index contributed by atoms with van der Waals surface area (Å²) in [5.74, 6) is 0.642. The van der Waals surface area contributed by atoms with Gasteiger partial charge in [-0.25, -0.2) is 0 Å². The van der Waals surface area contributed by atoms with Crippen LogP contribution in [0, 0.1) is 5.92 Å². The van der Waals surface area contributed by atoms with Gasteiger partial charge in [0.1, 0.15) is 0 Å². The lowest BCUT2D eigenvalue weighted by molar-refractivity contribution is -0.122. The Hall–Kier alpha value is -1.69. The van der Waals surface area contributed by atoms with E-state index in [0.717, 1.165) is 43.7 Å². The molecule has 2 aromatic carbocycles. The number of rotatable bonds is 6. The summed E-state index contributed by atoms with van der Waals surface area (Å²) in [5, 5.41) is 3.16. The minimum atomic E-state index is 0.109. The monoisotopic (exact) mass is 428 g/mol. The number of nitrogens with zero attached hydrogens (tertiary/aromatic N) is 1. The maximum atomic E-state index is 12.6. The van der Waals surface area contributed by atoms with Crippen LogP contribution in [0.4, 0.5) is 0 Å². The van der Waals surface area contributed by atoms with Gasteiger partial charge in [0.15, 0.2) is 0 Å². The number of nitrogens with one attached hydrogen (secondary N) is 1. The highest BCUT2D eigenvalue weighted by Crippen LogP contribution is 2.47. The first-order chi connectivity index (χ1) is 13.2. The molecule has 5 heteroatoms. The van der Waals surface area contributed by atoms with Gasteiger partial charge in [0, 0.05) is 36.6 Å². The molecule has 0 spiro atoms. The van der Waals surface area contributed by atoms with Gasteiger partial charge in [-0.1, -0.05) is 52.3 Å². The molecule has 2 unspecified atom stereocenters. The molecule has 2 aromatic rings. The van der Waals surface area contributed by atoms with E-state index in [4.69, 9.17) is 4.74 Å². The number of morpholine rings is 1. The second kappa shape index (κ2) is 8.55. The van der Waals surface area contributed by atoms with Crippen LogP contribution in [0.3, 0.4) is 0 Å². The fourth-order valence-corrected chi connectivity index (χ4v) is 4.03. The minimum Gasteiger partial charge on any atom is -0.379 e. The molecule has 27 heavy (non-hydrogen) atoms. The highest BCUT2D eigenvalue weighted by Gasteiger charge is 2.43. The molecule has 0 radical (unpaired) electrons. The summed E-state index contributed by atoms with van der Waals surface area (Å²) in [6, 6.07) is 16.7. The summed E-state index contributed by atoms with van der Waals surface area (Å²) in [4.78, 5) is 15.0. The van der Waals surface area contributed by atoms with Crippen LogP contribution in [-0.4, -0.2) is 37.1 Å². The molecule has 2 fully saturated rings. The molecule has 1 amide bonds. The van der Waals surface area contributed by atoms with Crippen LogP contribution in [0.25, 0.3) is 0 Å². The zero-order valence-corrected chi connectivity index (χ0v) is 17.0. The van der Waals surface area contributed by atoms with Gasteiger partial charge in [-0.2, -0.15) is 0 Å². The molecule has 142 valence electrons. The lowest BCUT2D eigenvalue weighted by Crippen LogP contribution is -2.36. The average molecular weight is 429 g/mol. The maximum Gasteiger partial charge on any atom is 0.224 e. The number of carbonyl (C=O) groups excluding carboxylic acids is 1. The Balaban J connectivity index is 1.32. The van der Waals surface area contributed by atoms with Crippen molar-refractivity contribution in [3.8, 4) is 0 Å². The van der Waals surface area contributed by atoms with Gasteiger partial charge in [0.2, 0.25) is 5.91 Å². The van der Waals surface area contributed by atoms with E-state index in [9.17, 15) is 4.79 Å². The van der Waals surface area contributed by atoms with E-state index in [1.807, 2.05) is 18.2 Å².